The molecule has 3 aromatic rings. The van der Waals surface area contributed by atoms with E-state index in [1.165, 1.54) is 0 Å². The van der Waals surface area contributed by atoms with E-state index in [0.717, 1.165) is 16.9 Å². The standard InChI is InChI=1S/C17H18N4O3/c1-22-15-8-13(9-16(23-2)17(15)24-3)21-14(10-19-20-21)11-4-6-12(18)7-5-11/h4-10H,18H2,1-3H3. The molecule has 2 N–H and O–H groups in total. The molecule has 0 radical (unpaired) electrons. The summed E-state index contributed by atoms with van der Waals surface area (Å²) in [5.74, 6) is 1.62. The topological polar surface area (TPSA) is 84.4 Å². The second-order valence-corrected chi connectivity index (χ2v) is 5.04. The Labute approximate surface area is 139 Å². The number of nitrogen functional groups attached to an aromatic ring is 1. The molecule has 3 rings (SSSR count). The predicted molar refractivity (Wildman–Crippen MR) is 90.9 cm³/mol. The Morgan fingerprint density at radius 1 is 0.917 bits per heavy atom. The Kier molecular flexibility index (Phi) is 4.24. The van der Waals surface area contributed by atoms with Crippen LogP contribution in [0.25, 0.3) is 16.9 Å². The molecule has 0 atom stereocenters. The molecule has 1 heterocycles. The summed E-state index contributed by atoms with van der Waals surface area (Å²) in [6, 6.07) is 11.1. The van der Waals surface area contributed by atoms with Crippen molar-refractivity contribution in [2.75, 3.05) is 27.1 Å². The van der Waals surface area contributed by atoms with Crippen molar-refractivity contribution in [2.45, 2.75) is 0 Å². The molecule has 0 spiro atoms. The van der Waals surface area contributed by atoms with Crippen molar-refractivity contribution in [3.8, 4) is 34.2 Å². The molecule has 7 heteroatoms. The maximum atomic E-state index is 5.75. The fourth-order valence-corrected chi connectivity index (χ4v) is 2.47. The van der Waals surface area contributed by atoms with Crippen LogP contribution < -0.4 is 19.9 Å². The largest absolute Gasteiger partial charge is 0.493 e. The minimum Gasteiger partial charge on any atom is -0.493 e. The summed E-state index contributed by atoms with van der Waals surface area (Å²) in [4.78, 5) is 0. The lowest BCUT2D eigenvalue weighted by Crippen LogP contribution is -2.02. The first-order chi connectivity index (χ1) is 11.7. The third kappa shape index (κ3) is 2.71. The Bertz CT molecular complexity index is 818. The van der Waals surface area contributed by atoms with Gasteiger partial charge in [-0.05, 0) is 12.1 Å². The molecule has 24 heavy (non-hydrogen) atoms. The van der Waals surface area contributed by atoms with E-state index in [9.17, 15) is 0 Å². The highest BCUT2D eigenvalue weighted by molar-refractivity contribution is 5.65. The zero-order valence-corrected chi connectivity index (χ0v) is 13.7. The molecule has 0 aliphatic carbocycles. The normalized spacial score (nSPS) is 10.5. The fraction of sp³-hybridized carbons (Fsp3) is 0.176. The maximum Gasteiger partial charge on any atom is 0.203 e. The van der Waals surface area contributed by atoms with Gasteiger partial charge in [-0.25, -0.2) is 4.68 Å². The molecule has 124 valence electrons. The van der Waals surface area contributed by atoms with Gasteiger partial charge in [-0.15, -0.1) is 5.10 Å². The van der Waals surface area contributed by atoms with Gasteiger partial charge in [-0.3, -0.25) is 0 Å². The van der Waals surface area contributed by atoms with Gasteiger partial charge in [-0.2, -0.15) is 0 Å². The van der Waals surface area contributed by atoms with Gasteiger partial charge in [0.1, 0.15) is 0 Å². The lowest BCUT2D eigenvalue weighted by atomic mass is 10.1. The zero-order chi connectivity index (χ0) is 17.1. The number of anilines is 1. The lowest BCUT2D eigenvalue weighted by Gasteiger charge is -2.15. The molecular formula is C17H18N4O3. The van der Waals surface area contributed by atoms with Crippen molar-refractivity contribution >= 4 is 5.69 Å². The minimum absolute atomic E-state index is 0.526. The van der Waals surface area contributed by atoms with Gasteiger partial charge in [0.25, 0.3) is 0 Å². The van der Waals surface area contributed by atoms with Gasteiger partial charge >= 0.3 is 0 Å². The molecular weight excluding hydrogens is 308 g/mol. The molecule has 2 aromatic carbocycles. The highest BCUT2D eigenvalue weighted by Crippen LogP contribution is 2.39. The molecule has 0 aliphatic rings. The smallest absolute Gasteiger partial charge is 0.203 e. The summed E-state index contributed by atoms with van der Waals surface area (Å²) in [5.41, 5.74) is 8.97. The molecule has 0 aliphatic heterocycles. The summed E-state index contributed by atoms with van der Waals surface area (Å²) >= 11 is 0. The summed E-state index contributed by atoms with van der Waals surface area (Å²) in [6.45, 7) is 0. The molecule has 0 fully saturated rings. The fourth-order valence-electron chi connectivity index (χ4n) is 2.47. The number of ether oxygens (including phenoxy) is 3. The average molecular weight is 326 g/mol. The maximum absolute atomic E-state index is 5.75. The van der Waals surface area contributed by atoms with E-state index in [1.54, 1.807) is 32.2 Å². The van der Waals surface area contributed by atoms with Crippen LogP contribution in [0.2, 0.25) is 0 Å². The van der Waals surface area contributed by atoms with Crippen LogP contribution in [-0.4, -0.2) is 36.3 Å². The molecule has 0 amide bonds. The highest BCUT2D eigenvalue weighted by Gasteiger charge is 2.16. The number of methoxy groups -OCH3 is 3. The minimum atomic E-state index is 0.526. The Morgan fingerprint density at radius 2 is 1.54 bits per heavy atom. The monoisotopic (exact) mass is 326 g/mol. The molecule has 7 nitrogen and oxygen atoms in total. The first-order valence-electron chi connectivity index (χ1n) is 7.25. The average Bonchev–Trinajstić information content (AvgIpc) is 3.10. The Balaban J connectivity index is 2.14. The first-order valence-corrected chi connectivity index (χ1v) is 7.25. The van der Waals surface area contributed by atoms with Crippen LogP contribution in [0.4, 0.5) is 5.69 Å². The van der Waals surface area contributed by atoms with Gasteiger partial charge in [0.05, 0.1) is 38.9 Å². The van der Waals surface area contributed by atoms with E-state index < -0.39 is 0 Å². The third-order valence-electron chi connectivity index (χ3n) is 3.65. The SMILES string of the molecule is COc1cc(-n2nncc2-c2ccc(N)cc2)cc(OC)c1OC. The molecule has 1 aromatic heterocycles. The van der Waals surface area contributed by atoms with Gasteiger partial charge < -0.3 is 19.9 Å². The van der Waals surface area contributed by atoms with Crippen molar-refractivity contribution in [1.82, 2.24) is 15.0 Å². The second-order valence-electron chi connectivity index (χ2n) is 5.04. The number of hydrogen-bond donors (Lipinski definition) is 1. The zero-order valence-electron chi connectivity index (χ0n) is 13.7. The van der Waals surface area contributed by atoms with Crippen molar-refractivity contribution in [3.63, 3.8) is 0 Å². The van der Waals surface area contributed by atoms with Crippen molar-refractivity contribution < 1.29 is 14.2 Å². The van der Waals surface area contributed by atoms with E-state index in [-0.39, 0.29) is 0 Å². The molecule has 0 bridgehead atoms. The number of nitrogens with two attached hydrogens (primary N) is 1. The Morgan fingerprint density at radius 3 is 2.08 bits per heavy atom. The van der Waals surface area contributed by atoms with E-state index >= 15 is 0 Å². The van der Waals surface area contributed by atoms with E-state index in [4.69, 9.17) is 19.9 Å². The number of hydrogen-bond acceptors (Lipinski definition) is 6. The number of benzene rings is 2. The van der Waals surface area contributed by atoms with Gasteiger partial charge in [0, 0.05) is 23.4 Å². The molecule has 0 unspecified atom stereocenters. The van der Waals surface area contributed by atoms with Crippen LogP contribution in [-0.2, 0) is 0 Å². The number of nitrogens with zero attached hydrogens (tertiary/aromatic N) is 3. The van der Waals surface area contributed by atoms with Crippen molar-refractivity contribution in [1.29, 1.82) is 0 Å². The second kappa shape index (κ2) is 6.49. The summed E-state index contributed by atoms with van der Waals surface area (Å²) in [5, 5.41) is 8.19. The van der Waals surface area contributed by atoms with Crippen LogP contribution in [0, 0.1) is 0 Å². The summed E-state index contributed by atoms with van der Waals surface area (Å²) < 4.78 is 17.8. The summed E-state index contributed by atoms with van der Waals surface area (Å²) in [6.07, 6.45) is 1.69. The van der Waals surface area contributed by atoms with E-state index in [0.29, 0.717) is 22.9 Å². The van der Waals surface area contributed by atoms with Crippen LogP contribution in [0.5, 0.6) is 17.2 Å². The van der Waals surface area contributed by atoms with Crippen molar-refractivity contribution in [2.24, 2.45) is 0 Å². The van der Waals surface area contributed by atoms with Crippen LogP contribution in [0.15, 0.2) is 42.6 Å². The van der Waals surface area contributed by atoms with Gasteiger partial charge in [0.15, 0.2) is 11.5 Å². The quantitative estimate of drug-likeness (QED) is 0.725. The highest BCUT2D eigenvalue weighted by atomic mass is 16.5. The summed E-state index contributed by atoms with van der Waals surface area (Å²) in [7, 11) is 4.71. The first kappa shape index (κ1) is 15.7. The number of rotatable bonds is 5. The van der Waals surface area contributed by atoms with Crippen LogP contribution >= 0.6 is 0 Å². The third-order valence-corrected chi connectivity index (χ3v) is 3.65. The van der Waals surface area contributed by atoms with E-state index in [1.807, 2.05) is 36.4 Å². The lowest BCUT2D eigenvalue weighted by molar-refractivity contribution is 0.324. The van der Waals surface area contributed by atoms with Crippen LogP contribution in [0.1, 0.15) is 0 Å². The van der Waals surface area contributed by atoms with Gasteiger partial charge in [0.2, 0.25) is 5.75 Å². The van der Waals surface area contributed by atoms with E-state index in [2.05, 4.69) is 10.3 Å². The Hall–Kier alpha value is -3.22. The van der Waals surface area contributed by atoms with Crippen molar-refractivity contribution in [3.05, 3.63) is 42.6 Å². The molecule has 0 saturated heterocycles. The number of aromatic nitrogens is 3. The van der Waals surface area contributed by atoms with Crippen LogP contribution in [0.3, 0.4) is 0 Å². The molecule has 0 saturated carbocycles. The predicted octanol–water partition coefficient (Wildman–Crippen LogP) is 2.54. The van der Waals surface area contributed by atoms with Gasteiger partial charge in [-0.1, -0.05) is 17.3 Å².